The van der Waals surface area contributed by atoms with Gasteiger partial charge in [0.05, 0.1) is 11.9 Å². The summed E-state index contributed by atoms with van der Waals surface area (Å²) in [4.78, 5) is 16.7. The first-order chi connectivity index (χ1) is 12.0. The topological polar surface area (TPSA) is 61.6 Å². The molecule has 1 saturated heterocycles. The molecule has 25 heavy (non-hydrogen) atoms. The van der Waals surface area contributed by atoms with Crippen LogP contribution >= 0.6 is 0 Å². The van der Waals surface area contributed by atoms with Crippen LogP contribution < -0.4 is 0 Å². The Bertz CT molecular complexity index is 754. The third-order valence-corrected chi connectivity index (χ3v) is 4.71. The SMILES string of the molecule is CCc1ccccc1-n1cc(O)c(C(=O)N2CCC(CN(C)C)C2)n1. The third-order valence-electron chi connectivity index (χ3n) is 4.71. The van der Waals surface area contributed by atoms with Crippen molar-refractivity contribution in [2.45, 2.75) is 19.8 Å². The van der Waals surface area contributed by atoms with E-state index in [1.54, 1.807) is 9.58 Å². The van der Waals surface area contributed by atoms with Gasteiger partial charge in [0.1, 0.15) is 0 Å². The number of amides is 1. The molecule has 0 radical (unpaired) electrons. The molecule has 1 unspecified atom stereocenters. The van der Waals surface area contributed by atoms with Gasteiger partial charge in [0.2, 0.25) is 0 Å². The Morgan fingerprint density at radius 1 is 1.36 bits per heavy atom. The summed E-state index contributed by atoms with van der Waals surface area (Å²) in [6.07, 6.45) is 3.37. The number of benzene rings is 1. The standard InChI is InChI=1S/C19H26N4O2/c1-4-15-7-5-6-8-16(15)23-13-17(24)18(20-23)19(25)22-10-9-14(12-22)11-21(2)3/h5-8,13-14,24H,4,9-12H2,1-3H3. The third kappa shape index (κ3) is 3.69. The minimum Gasteiger partial charge on any atom is -0.504 e. The number of rotatable bonds is 5. The first kappa shape index (κ1) is 17.5. The normalized spacial score (nSPS) is 17.4. The molecule has 0 aliphatic carbocycles. The zero-order chi connectivity index (χ0) is 18.0. The summed E-state index contributed by atoms with van der Waals surface area (Å²) in [5.74, 6) is 0.224. The lowest BCUT2D eigenvalue weighted by molar-refractivity contribution is 0.0776. The molecule has 1 aromatic carbocycles. The largest absolute Gasteiger partial charge is 0.504 e. The van der Waals surface area contributed by atoms with Crippen LogP contribution in [0.3, 0.4) is 0 Å². The van der Waals surface area contributed by atoms with Crippen molar-refractivity contribution >= 4 is 5.91 Å². The fraction of sp³-hybridized carbons (Fsp3) is 0.474. The number of carbonyl (C=O) groups is 1. The number of para-hydroxylation sites is 1. The second-order valence-electron chi connectivity index (χ2n) is 6.96. The first-order valence-electron chi connectivity index (χ1n) is 8.80. The molecule has 134 valence electrons. The lowest BCUT2D eigenvalue weighted by Crippen LogP contribution is -2.31. The molecule has 1 amide bonds. The summed E-state index contributed by atoms with van der Waals surface area (Å²) in [5.41, 5.74) is 2.15. The highest BCUT2D eigenvalue weighted by molar-refractivity contribution is 5.95. The van der Waals surface area contributed by atoms with Crippen molar-refractivity contribution in [2.24, 2.45) is 5.92 Å². The van der Waals surface area contributed by atoms with Gasteiger partial charge in [-0.2, -0.15) is 5.10 Å². The van der Waals surface area contributed by atoms with Crippen LogP contribution in [-0.2, 0) is 6.42 Å². The van der Waals surface area contributed by atoms with E-state index in [1.807, 2.05) is 38.4 Å². The minimum atomic E-state index is -0.188. The predicted octanol–water partition coefficient (Wildman–Crippen LogP) is 2.16. The summed E-state index contributed by atoms with van der Waals surface area (Å²) < 4.78 is 1.61. The highest BCUT2D eigenvalue weighted by atomic mass is 16.3. The van der Waals surface area contributed by atoms with Crippen LogP contribution in [0.5, 0.6) is 5.75 Å². The van der Waals surface area contributed by atoms with E-state index >= 15 is 0 Å². The van der Waals surface area contributed by atoms with E-state index < -0.39 is 0 Å². The first-order valence-corrected chi connectivity index (χ1v) is 8.80. The molecule has 1 fully saturated rings. The highest BCUT2D eigenvalue weighted by Crippen LogP contribution is 2.25. The fourth-order valence-electron chi connectivity index (χ4n) is 3.51. The summed E-state index contributed by atoms with van der Waals surface area (Å²) >= 11 is 0. The molecule has 2 heterocycles. The van der Waals surface area contributed by atoms with Crippen LogP contribution in [0.25, 0.3) is 5.69 Å². The van der Waals surface area contributed by atoms with Gasteiger partial charge in [-0.25, -0.2) is 4.68 Å². The molecule has 0 bridgehead atoms. The molecule has 0 spiro atoms. The van der Waals surface area contributed by atoms with Crippen LogP contribution in [0, 0.1) is 5.92 Å². The van der Waals surface area contributed by atoms with Crippen molar-refractivity contribution in [2.75, 3.05) is 33.7 Å². The second-order valence-corrected chi connectivity index (χ2v) is 6.96. The molecule has 6 nitrogen and oxygen atoms in total. The number of aryl methyl sites for hydroxylation is 1. The molecule has 1 aliphatic heterocycles. The number of carbonyl (C=O) groups excluding carboxylic acids is 1. The molecule has 1 atom stereocenters. The van der Waals surface area contributed by atoms with E-state index in [1.165, 1.54) is 6.20 Å². The van der Waals surface area contributed by atoms with Crippen LogP contribution in [0.15, 0.2) is 30.5 Å². The minimum absolute atomic E-state index is 0.0630. The molecule has 1 N–H and O–H groups in total. The smallest absolute Gasteiger partial charge is 0.278 e. The van der Waals surface area contributed by atoms with Crippen molar-refractivity contribution in [1.82, 2.24) is 19.6 Å². The van der Waals surface area contributed by atoms with Gasteiger partial charge >= 0.3 is 0 Å². The van der Waals surface area contributed by atoms with Gasteiger partial charge in [0.25, 0.3) is 5.91 Å². The number of nitrogens with zero attached hydrogens (tertiary/aromatic N) is 4. The highest BCUT2D eigenvalue weighted by Gasteiger charge is 2.30. The van der Waals surface area contributed by atoms with Crippen molar-refractivity contribution in [3.05, 3.63) is 41.7 Å². The lowest BCUT2D eigenvalue weighted by Gasteiger charge is -2.17. The van der Waals surface area contributed by atoms with Crippen LogP contribution in [0.1, 0.15) is 29.4 Å². The number of hydrogen-bond acceptors (Lipinski definition) is 4. The maximum Gasteiger partial charge on any atom is 0.278 e. The fourth-order valence-corrected chi connectivity index (χ4v) is 3.51. The zero-order valence-electron chi connectivity index (χ0n) is 15.1. The molecule has 6 heteroatoms. The van der Waals surface area contributed by atoms with Gasteiger partial charge in [-0.1, -0.05) is 25.1 Å². The monoisotopic (exact) mass is 342 g/mol. The summed E-state index contributed by atoms with van der Waals surface area (Å²) in [6, 6.07) is 7.89. The number of hydrogen-bond donors (Lipinski definition) is 1. The average molecular weight is 342 g/mol. The Morgan fingerprint density at radius 2 is 2.12 bits per heavy atom. The number of likely N-dealkylation sites (tertiary alicyclic amines) is 1. The van der Waals surface area contributed by atoms with Crippen LogP contribution in [-0.4, -0.2) is 64.3 Å². The summed E-state index contributed by atoms with van der Waals surface area (Å²) in [6.45, 7) is 4.47. The van der Waals surface area contributed by atoms with Crippen LogP contribution in [0.4, 0.5) is 0 Å². The van der Waals surface area contributed by atoms with E-state index in [9.17, 15) is 9.90 Å². The van der Waals surface area contributed by atoms with E-state index in [-0.39, 0.29) is 17.4 Å². The van der Waals surface area contributed by atoms with Gasteiger partial charge in [-0.3, -0.25) is 4.79 Å². The Labute approximate surface area is 148 Å². The number of aromatic hydroxyl groups is 1. The van der Waals surface area contributed by atoms with E-state index in [4.69, 9.17) is 0 Å². The maximum atomic E-state index is 12.8. The van der Waals surface area contributed by atoms with E-state index in [0.29, 0.717) is 5.92 Å². The predicted molar refractivity (Wildman–Crippen MR) is 97.2 cm³/mol. The molecule has 1 aliphatic rings. The van der Waals surface area contributed by atoms with Gasteiger partial charge in [-0.15, -0.1) is 0 Å². The molecular formula is C19H26N4O2. The Kier molecular flexibility index (Phi) is 5.08. The van der Waals surface area contributed by atoms with Gasteiger partial charge in [0, 0.05) is 19.6 Å². The Hall–Kier alpha value is -2.34. The average Bonchev–Trinajstić information content (AvgIpc) is 3.20. The molecule has 1 aromatic heterocycles. The molecular weight excluding hydrogens is 316 g/mol. The molecule has 2 aromatic rings. The van der Waals surface area contributed by atoms with Crippen molar-refractivity contribution < 1.29 is 9.90 Å². The van der Waals surface area contributed by atoms with E-state index in [2.05, 4.69) is 16.9 Å². The number of aromatic nitrogens is 2. The van der Waals surface area contributed by atoms with Gasteiger partial charge in [0.15, 0.2) is 11.4 Å². The van der Waals surface area contributed by atoms with E-state index in [0.717, 1.165) is 43.7 Å². The van der Waals surface area contributed by atoms with Crippen molar-refractivity contribution in [3.63, 3.8) is 0 Å². The van der Waals surface area contributed by atoms with Crippen molar-refractivity contribution in [3.8, 4) is 11.4 Å². The Morgan fingerprint density at radius 3 is 2.84 bits per heavy atom. The van der Waals surface area contributed by atoms with Gasteiger partial charge < -0.3 is 14.9 Å². The maximum absolute atomic E-state index is 12.8. The summed E-state index contributed by atoms with van der Waals surface area (Å²) in [5, 5.41) is 14.6. The summed E-state index contributed by atoms with van der Waals surface area (Å²) in [7, 11) is 4.09. The Balaban J connectivity index is 1.80. The molecule has 3 rings (SSSR count). The lowest BCUT2D eigenvalue weighted by atomic mass is 10.1. The zero-order valence-corrected chi connectivity index (χ0v) is 15.1. The van der Waals surface area contributed by atoms with Crippen LogP contribution in [0.2, 0.25) is 0 Å². The van der Waals surface area contributed by atoms with Crippen molar-refractivity contribution in [1.29, 1.82) is 0 Å². The quantitative estimate of drug-likeness (QED) is 0.905. The molecule has 0 saturated carbocycles. The second kappa shape index (κ2) is 7.27. The van der Waals surface area contributed by atoms with Gasteiger partial charge in [-0.05, 0) is 44.5 Å².